The SMILES string of the molecule is COc1c(CN[C@H]2CCCN[C@H]2c2ccccc2)cc2cc1-2. The molecule has 4 rings (SSSR count). The van der Waals surface area contributed by atoms with Crippen molar-refractivity contribution in [1.29, 1.82) is 0 Å². The van der Waals surface area contributed by atoms with Crippen LogP contribution >= 0.6 is 0 Å². The van der Waals surface area contributed by atoms with Crippen molar-refractivity contribution >= 4 is 0 Å². The Morgan fingerprint density at radius 1 is 1.23 bits per heavy atom. The van der Waals surface area contributed by atoms with Crippen LogP contribution in [0.1, 0.15) is 30.0 Å². The fraction of sp³-hybridized carbons (Fsp3) is 0.368. The summed E-state index contributed by atoms with van der Waals surface area (Å²) in [7, 11) is 1.76. The maximum Gasteiger partial charge on any atom is 0.131 e. The van der Waals surface area contributed by atoms with E-state index in [9.17, 15) is 0 Å². The van der Waals surface area contributed by atoms with E-state index in [1.54, 1.807) is 7.11 Å². The molecule has 3 aliphatic rings. The number of fused-ring (bicyclic) bond motifs is 1. The lowest BCUT2D eigenvalue weighted by molar-refractivity contribution is 0.303. The Morgan fingerprint density at radius 2 is 2.09 bits per heavy atom. The van der Waals surface area contributed by atoms with Gasteiger partial charge in [0.15, 0.2) is 0 Å². The first-order valence-electron chi connectivity index (χ1n) is 8.10. The van der Waals surface area contributed by atoms with Crippen LogP contribution in [-0.2, 0) is 6.54 Å². The third kappa shape index (κ3) is 2.51. The molecule has 0 aromatic heterocycles. The van der Waals surface area contributed by atoms with E-state index < -0.39 is 0 Å². The standard InChI is InChI=1S/C19H22N2O/c1-22-19-15(10-14-11-16(14)19)12-21-17-8-5-9-20-18(17)13-6-3-2-4-7-13/h2-4,6-7,10-11,17-18,20-21H,5,8-9,12H2,1H3/t17-,18-/m0/s1. The molecule has 3 nitrogen and oxygen atoms in total. The minimum absolute atomic E-state index is 0.393. The predicted octanol–water partition coefficient (Wildman–Crippen LogP) is 3.26. The third-order valence-electron chi connectivity index (χ3n) is 4.77. The lowest BCUT2D eigenvalue weighted by Crippen LogP contribution is -2.45. The van der Waals surface area contributed by atoms with Crippen LogP contribution in [0.3, 0.4) is 0 Å². The van der Waals surface area contributed by atoms with Gasteiger partial charge in [-0.2, -0.15) is 0 Å². The highest BCUT2D eigenvalue weighted by Gasteiger charge is 2.28. The van der Waals surface area contributed by atoms with Gasteiger partial charge in [-0.15, -0.1) is 0 Å². The first kappa shape index (κ1) is 13.8. The maximum absolute atomic E-state index is 5.53. The Balaban J connectivity index is 1.47. The highest BCUT2D eigenvalue weighted by atomic mass is 16.5. The van der Waals surface area contributed by atoms with Crippen molar-refractivity contribution in [3.63, 3.8) is 0 Å². The molecule has 0 bridgehead atoms. The van der Waals surface area contributed by atoms with E-state index in [0.717, 1.165) is 18.8 Å². The Labute approximate surface area is 131 Å². The summed E-state index contributed by atoms with van der Waals surface area (Å²) in [6.07, 6.45) is 2.44. The van der Waals surface area contributed by atoms with Gasteiger partial charge in [-0.25, -0.2) is 0 Å². The van der Waals surface area contributed by atoms with Gasteiger partial charge in [0.1, 0.15) is 5.75 Å². The molecule has 114 valence electrons. The van der Waals surface area contributed by atoms with Gasteiger partial charge in [-0.05, 0) is 42.6 Å². The Bertz CT molecular complexity index is 669. The topological polar surface area (TPSA) is 33.3 Å². The molecule has 3 heteroatoms. The number of benzene rings is 2. The molecule has 22 heavy (non-hydrogen) atoms. The molecule has 0 amide bonds. The fourth-order valence-electron chi connectivity index (χ4n) is 3.59. The number of methoxy groups -OCH3 is 1. The number of ether oxygens (including phenoxy) is 1. The van der Waals surface area contributed by atoms with E-state index in [0.29, 0.717) is 12.1 Å². The van der Waals surface area contributed by atoms with Crippen molar-refractivity contribution < 1.29 is 4.74 Å². The van der Waals surface area contributed by atoms with Crippen LogP contribution in [-0.4, -0.2) is 19.7 Å². The van der Waals surface area contributed by atoms with Crippen molar-refractivity contribution in [3.05, 3.63) is 53.6 Å². The molecule has 1 heterocycles. The molecular weight excluding hydrogens is 272 g/mol. The quantitative estimate of drug-likeness (QED) is 0.758. The summed E-state index contributed by atoms with van der Waals surface area (Å²) in [5, 5.41) is 7.41. The minimum atomic E-state index is 0.393. The fourth-order valence-corrected chi connectivity index (χ4v) is 3.59. The largest absolute Gasteiger partial charge is 0.496 e. The van der Waals surface area contributed by atoms with Crippen LogP contribution in [0, 0.1) is 0 Å². The molecule has 0 saturated carbocycles. The van der Waals surface area contributed by atoms with E-state index in [-0.39, 0.29) is 0 Å². The van der Waals surface area contributed by atoms with Gasteiger partial charge < -0.3 is 15.4 Å². The zero-order chi connectivity index (χ0) is 14.9. The monoisotopic (exact) mass is 294 g/mol. The van der Waals surface area contributed by atoms with E-state index in [2.05, 4.69) is 53.1 Å². The van der Waals surface area contributed by atoms with Gasteiger partial charge >= 0.3 is 0 Å². The lowest BCUT2D eigenvalue weighted by Gasteiger charge is -2.34. The molecule has 0 radical (unpaired) electrons. The second-order valence-electron chi connectivity index (χ2n) is 6.19. The van der Waals surface area contributed by atoms with Gasteiger partial charge in [-0.1, -0.05) is 30.3 Å². The molecule has 0 unspecified atom stereocenters. The molecule has 2 N–H and O–H groups in total. The van der Waals surface area contributed by atoms with Gasteiger partial charge in [-0.3, -0.25) is 0 Å². The summed E-state index contributed by atoms with van der Waals surface area (Å²) in [6.45, 7) is 1.97. The molecule has 2 aliphatic carbocycles. The summed E-state index contributed by atoms with van der Waals surface area (Å²) >= 11 is 0. The molecule has 1 aromatic carbocycles. The van der Waals surface area contributed by atoms with Gasteiger partial charge in [0.2, 0.25) is 0 Å². The second-order valence-corrected chi connectivity index (χ2v) is 6.19. The maximum atomic E-state index is 5.53. The van der Waals surface area contributed by atoms with Crippen LogP contribution in [0.4, 0.5) is 0 Å². The van der Waals surface area contributed by atoms with Crippen LogP contribution < -0.4 is 15.4 Å². The predicted molar refractivity (Wildman–Crippen MR) is 89.0 cm³/mol. The average Bonchev–Trinajstić information content (AvgIpc) is 3.25. The van der Waals surface area contributed by atoms with Gasteiger partial charge in [0.05, 0.1) is 7.11 Å². The van der Waals surface area contributed by atoms with Gasteiger partial charge in [0.25, 0.3) is 0 Å². The van der Waals surface area contributed by atoms with Crippen molar-refractivity contribution in [2.24, 2.45) is 0 Å². The van der Waals surface area contributed by atoms with Crippen LogP contribution in [0.5, 0.6) is 5.75 Å². The highest BCUT2D eigenvalue weighted by molar-refractivity contribution is 5.89. The van der Waals surface area contributed by atoms with Crippen LogP contribution in [0.25, 0.3) is 11.1 Å². The van der Waals surface area contributed by atoms with Crippen LogP contribution in [0.2, 0.25) is 0 Å². The Morgan fingerprint density at radius 3 is 2.91 bits per heavy atom. The van der Waals surface area contributed by atoms with Crippen molar-refractivity contribution in [3.8, 4) is 16.9 Å². The van der Waals surface area contributed by atoms with Crippen LogP contribution in [0.15, 0.2) is 42.5 Å². The highest BCUT2D eigenvalue weighted by Crippen LogP contribution is 2.46. The molecule has 1 saturated heterocycles. The minimum Gasteiger partial charge on any atom is -0.496 e. The molecule has 2 atom stereocenters. The summed E-state index contributed by atoms with van der Waals surface area (Å²) in [6, 6.07) is 16.0. The van der Waals surface area contributed by atoms with E-state index >= 15 is 0 Å². The third-order valence-corrected chi connectivity index (χ3v) is 4.77. The summed E-state index contributed by atoms with van der Waals surface area (Å²) in [4.78, 5) is 0. The van der Waals surface area contributed by atoms with E-state index in [1.807, 2.05) is 0 Å². The first-order chi connectivity index (χ1) is 10.9. The molecular formula is C19H22N2O. The molecule has 1 fully saturated rings. The first-order valence-corrected chi connectivity index (χ1v) is 8.10. The number of hydrogen-bond acceptors (Lipinski definition) is 3. The summed E-state index contributed by atoms with van der Waals surface area (Å²) in [5.74, 6) is 1.06. The zero-order valence-corrected chi connectivity index (χ0v) is 12.9. The van der Waals surface area contributed by atoms with Gasteiger partial charge in [0, 0.05) is 29.8 Å². The molecule has 0 spiro atoms. The Hall–Kier alpha value is -1.84. The van der Waals surface area contributed by atoms with E-state index in [1.165, 1.54) is 35.1 Å². The van der Waals surface area contributed by atoms with Crippen molar-refractivity contribution in [1.82, 2.24) is 10.6 Å². The van der Waals surface area contributed by atoms with E-state index in [4.69, 9.17) is 4.74 Å². The normalized spacial score (nSPS) is 22.4. The summed E-state index contributed by atoms with van der Waals surface area (Å²) in [5.41, 5.74) is 5.29. The lowest BCUT2D eigenvalue weighted by atomic mass is 9.92. The molecule has 1 aliphatic heterocycles. The van der Waals surface area contributed by atoms with Crippen molar-refractivity contribution in [2.45, 2.75) is 31.5 Å². The average molecular weight is 294 g/mol. The number of hydrogen-bond donors (Lipinski definition) is 2. The molecule has 1 aromatic rings. The summed E-state index contributed by atoms with van der Waals surface area (Å²) < 4.78 is 5.53. The Kier molecular flexibility index (Phi) is 3.60. The number of nitrogens with one attached hydrogen (secondary N) is 2. The smallest absolute Gasteiger partial charge is 0.131 e. The second kappa shape index (κ2) is 5.75. The van der Waals surface area contributed by atoms with Crippen molar-refractivity contribution in [2.75, 3.05) is 13.7 Å². The zero-order valence-electron chi connectivity index (χ0n) is 12.9. The number of piperidine rings is 1. The number of rotatable bonds is 5.